The molecule has 2 amide bonds. The van der Waals surface area contributed by atoms with Crippen LogP contribution in [0.1, 0.15) is 67.1 Å². The minimum Gasteiger partial charge on any atom is -0.490 e. The lowest BCUT2D eigenvalue weighted by molar-refractivity contribution is -0.134. The molecule has 1 saturated heterocycles. The van der Waals surface area contributed by atoms with Crippen molar-refractivity contribution >= 4 is 11.8 Å². The number of benzene rings is 1. The fraction of sp³-hybridized carbons (Fsp3) is 0.565. The largest absolute Gasteiger partial charge is 0.490 e. The molecule has 172 valence electrons. The molecule has 1 atom stereocenters. The van der Waals surface area contributed by atoms with Crippen molar-refractivity contribution < 1.29 is 19.1 Å². The molecule has 1 N–H and O–H groups in total. The van der Waals surface area contributed by atoms with E-state index in [1.54, 1.807) is 18.2 Å². The van der Waals surface area contributed by atoms with Crippen molar-refractivity contribution in [2.45, 2.75) is 58.5 Å². The van der Waals surface area contributed by atoms with Crippen LogP contribution < -0.4 is 14.8 Å². The number of likely N-dealkylation sites (tertiary alicyclic amines) is 1. The van der Waals surface area contributed by atoms with E-state index in [2.05, 4.69) is 20.1 Å². The summed E-state index contributed by atoms with van der Waals surface area (Å²) in [6.07, 6.45) is 5.02. The number of hydrogen-bond donors (Lipinski definition) is 1. The highest BCUT2D eigenvalue weighted by Crippen LogP contribution is 2.30. The van der Waals surface area contributed by atoms with Gasteiger partial charge >= 0.3 is 0 Å². The van der Waals surface area contributed by atoms with Crippen LogP contribution in [0.4, 0.5) is 0 Å². The summed E-state index contributed by atoms with van der Waals surface area (Å²) in [7, 11) is 0. The van der Waals surface area contributed by atoms with Gasteiger partial charge in [0.1, 0.15) is 5.82 Å². The minimum atomic E-state index is -0.207. The standard InChI is InChI=1S/C23H31N5O4/c1-3-31-20-14-17(9-10-19(20)32-15-21(29)27-11-5-4-6-12-27)23(30)24-18-8-7-13-28-16(2)25-26-22(18)28/h9-10,14,18H,3-8,11-13,15H2,1-2H3,(H,24,30). The van der Waals surface area contributed by atoms with Crippen molar-refractivity contribution in [3.8, 4) is 11.5 Å². The van der Waals surface area contributed by atoms with Crippen molar-refractivity contribution in [3.05, 3.63) is 35.4 Å². The first-order valence-corrected chi connectivity index (χ1v) is 11.4. The molecule has 0 radical (unpaired) electrons. The molecule has 1 aromatic heterocycles. The van der Waals surface area contributed by atoms with Crippen molar-refractivity contribution in [1.82, 2.24) is 25.0 Å². The SMILES string of the molecule is CCOc1cc(C(=O)NC2CCCn3c(C)nnc32)ccc1OCC(=O)N1CCCCC1. The fourth-order valence-corrected chi connectivity index (χ4v) is 4.30. The maximum Gasteiger partial charge on any atom is 0.260 e. The predicted octanol–water partition coefficient (Wildman–Crippen LogP) is 2.64. The number of carbonyl (C=O) groups is 2. The quantitative estimate of drug-likeness (QED) is 0.709. The monoisotopic (exact) mass is 441 g/mol. The van der Waals surface area contributed by atoms with Gasteiger partial charge in [0.2, 0.25) is 0 Å². The third-order valence-electron chi connectivity index (χ3n) is 6.02. The van der Waals surface area contributed by atoms with Gasteiger partial charge in [0.25, 0.3) is 11.8 Å². The second-order valence-electron chi connectivity index (χ2n) is 8.25. The summed E-state index contributed by atoms with van der Waals surface area (Å²) >= 11 is 0. The molecule has 0 bridgehead atoms. The van der Waals surface area contributed by atoms with Crippen LogP contribution in [-0.4, -0.2) is 57.8 Å². The summed E-state index contributed by atoms with van der Waals surface area (Å²) in [4.78, 5) is 27.2. The number of piperidine rings is 1. The summed E-state index contributed by atoms with van der Waals surface area (Å²) in [6, 6.07) is 4.87. The van der Waals surface area contributed by atoms with E-state index in [-0.39, 0.29) is 24.5 Å². The van der Waals surface area contributed by atoms with Crippen LogP contribution in [0.25, 0.3) is 0 Å². The number of amides is 2. The van der Waals surface area contributed by atoms with Gasteiger partial charge in [-0.15, -0.1) is 10.2 Å². The van der Waals surface area contributed by atoms with Gasteiger partial charge in [-0.2, -0.15) is 0 Å². The molecule has 3 heterocycles. The Labute approximate surface area is 188 Å². The number of carbonyl (C=O) groups excluding carboxylic acids is 2. The molecule has 4 rings (SSSR count). The van der Waals surface area contributed by atoms with Gasteiger partial charge in [-0.05, 0) is 64.2 Å². The van der Waals surface area contributed by atoms with E-state index in [9.17, 15) is 9.59 Å². The van der Waals surface area contributed by atoms with Crippen LogP contribution in [0.3, 0.4) is 0 Å². The Hall–Kier alpha value is -3.10. The molecule has 2 aliphatic heterocycles. The van der Waals surface area contributed by atoms with E-state index in [4.69, 9.17) is 9.47 Å². The summed E-state index contributed by atoms with van der Waals surface area (Å²) in [5.41, 5.74) is 0.469. The van der Waals surface area contributed by atoms with Crippen LogP contribution in [-0.2, 0) is 11.3 Å². The number of nitrogens with zero attached hydrogens (tertiary/aromatic N) is 4. The van der Waals surface area contributed by atoms with E-state index in [1.807, 2.05) is 18.7 Å². The Balaban J connectivity index is 1.43. The average Bonchev–Trinajstić information content (AvgIpc) is 3.20. The molecule has 0 saturated carbocycles. The van der Waals surface area contributed by atoms with Gasteiger partial charge in [-0.3, -0.25) is 9.59 Å². The van der Waals surface area contributed by atoms with Crippen LogP contribution in [0.2, 0.25) is 0 Å². The van der Waals surface area contributed by atoms with Gasteiger partial charge in [0, 0.05) is 25.2 Å². The number of hydrogen-bond acceptors (Lipinski definition) is 6. The van der Waals surface area contributed by atoms with E-state index < -0.39 is 0 Å². The highest BCUT2D eigenvalue weighted by atomic mass is 16.5. The maximum absolute atomic E-state index is 12.9. The molecule has 0 aliphatic carbocycles. The Kier molecular flexibility index (Phi) is 6.92. The van der Waals surface area contributed by atoms with Crippen molar-refractivity contribution in [2.75, 3.05) is 26.3 Å². The van der Waals surface area contributed by atoms with Gasteiger partial charge in [0.15, 0.2) is 23.9 Å². The highest BCUT2D eigenvalue weighted by molar-refractivity contribution is 5.95. The molecule has 0 spiro atoms. The summed E-state index contributed by atoms with van der Waals surface area (Å²) in [5, 5.41) is 11.5. The summed E-state index contributed by atoms with van der Waals surface area (Å²) in [5.74, 6) is 2.34. The lowest BCUT2D eigenvalue weighted by atomic mass is 10.1. The predicted molar refractivity (Wildman–Crippen MR) is 118 cm³/mol. The summed E-state index contributed by atoms with van der Waals surface area (Å²) in [6.45, 7) is 6.62. The Morgan fingerprint density at radius 1 is 1.06 bits per heavy atom. The maximum atomic E-state index is 12.9. The number of nitrogens with one attached hydrogen (secondary N) is 1. The van der Waals surface area contributed by atoms with Crippen LogP contribution in [0.5, 0.6) is 11.5 Å². The topological polar surface area (TPSA) is 98.6 Å². The molecule has 9 heteroatoms. The van der Waals surface area contributed by atoms with Crippen molar-refractivity contribution in [3.63, 3.8) is 0 Å². The normalized spacial score (nSPS) is 18.1. The average molecular weight is 442 g/mol. The Morgan fingerprint density at radius 3 is 2.66 bits per heavy atom. The Morgan fingerprint density at radius 2 is 1.88 bits per heavy atom. The first-order valence-electron chi connectivity index (χ1n) is 11.4. The molecule has 9 nitrogen and oxygen atoms in total. The second-order valence-corrected chi connectivity index (χ2v) is 8.25. The first-order chi connectivity index (χ1) is 15.6. The lowest BCUT2D eigenvalue weighted by Crippen LogP contribution is -2.38. The number of aromatic nitrogens is 3. The third kappa shape index (κ3) is 4.87. The smallest absolute Gasteiger partial charge is 0.260 e. The highest BCUT2D eigenvalue weighted by Gasteiger charge is 2.26. The lowest BCUT2D eigenvalue weighted by Gasteiger charge is -2.26. The van der Waals surface area contributed by atoms with Crippen LogP contribution >= 0.6 is 0 Å². The molecule has 2 aromatic rings. The van der Waals surface area contributed by atoms with E-state index in [0.29, 0.717) is 23.7 Å². The molecule has 1 aromatic carbocycles. The Bertz CT molecular complexity index is 967. The number of aryl methyl sites for hydroxylation is 1. The van der Waals surface area contributed by atoms with Crippen molar-refractivity contribution in [1.29, 1.82) is 0 Å². The fourth-order valence-electron chi connectivity index (χ4n) is 4.30. The number of fused-ring (bicyclic) bond motifs is 1. The zero-order valence-corrected chi connectivity index (χ0v) is 18.8. The van der Waals surface area contributed by atoms with E-state index in [1.165, 1.54) is 6.42 Å². The number of ether oxygens (including phenoxy) is 2. The third-order valence-corrected chi connectivity index (χ3v) is 6.02. The molecule has 1 unspecified atom stereocenters. The van der Waals surface area contributed by atoms with Gasteiger partial charge < -0.3 is 24.3 Å². The van der Waals surface area contributed by atoms with Crippen LogP contribution in [0, 0.1) is 6.92 Å². The molecule has 1 fully saturated rings. The first kappa shape index (κ1) is 22.1. The van der Waals surface area contributed by atoms with Crippen molar-refractivity contribution in [2.24, 2.45) is 0 Å². The van der Waals surface area contributed by atoms with E-state index in [0.717, 1.165) is 57.0 Å². The zero-order valence-electron chi connectivity index (χ0n) is 18.8. The van der Waals surface area contributed by atoms with Gasteiger partial charge in [0.05, 0.1) is 12.6 Å². The molecular weight excluding hydrogens is 410 g/mol. The number of rotatable bonds is 7. The van der Waals surface area contributed by atoms with Gasteiger partial charge in [-0.1, -0.05) is 0 Å². The minimum absolute atomic E-state index is 0.0225. The second kappa shape index (κ2) is 10.0. The zero-order chi connectivity index (χ0) is 22.5. The van der Waals surface area contributed by atoms with Crippen LogP contribution in [0.15, 0.2) is 18.2 Å². The molecule has 32 heavy (non-hydrogen) atoms. The molecule has 2 aliphatic rings. The van der Waals surface area contributed by atoms with E-state index >= 15 is 0 Å². The molecular formula is C23H31N5O4. The van der Waals surface area contributed by atoms with Gasteiger partial charge in [-0.25, -0.2) is 0 Å². The summed E-state index contributed by atoms with van der Waals surface area (Å²) < 4.78 is 13.5.